The second-order valence-corrected chi connectivity index (χ2v) is 9.57. The fourth-order valence-electron chi connectivity index (χ4n) is 4.03. The Labute approximate surface area is 217 Å². The second-order valence-electron chi connectivity index (χ2n) is 9.57. The largest absolute Gasteiger partial charge is 0.481 e. The minimum atomic E-state index is -1.29. The SMILES string of the molecule is CCCCCCCCCCCCCCCCCC(=O)OC(CNC(=O)C(CCC(=O)O)N=O)COC. The first-order valence-electron chi connectivity index (χ1n) is 13.9. The maximum Gasteiger partial charge on any atom is 0.306 e. The van der Waals surface area contributed by atoms with E-state index in [4.69, 9.17) is 14.6 Å². The minimum absolute atomic E-state index is 0.0314. The molecule has 0 aromatic carbocycles. The Morgan fingerprint density at radius 3 is 1.75 bits per heavy atom. The summed E-state index contributed by atoms with van der Waals surface area (Å²) in [6.07, 6.45) is 17.9. The fourth-order valence-corrected chi connectivity index (χ4v) is 4.03. The number of carbonyl (C=O) groups is 3. The second kappa shape index (κ2) is 24.7. The van der Waals surface area contributed by atoms with E-state index in [9.17, 15) is 19.3 Å². The highest BCUT2D eigenvalue weighted by Crippen LogP contribution is 2.14. The van der Waals surface area contributed by atoms with Gasteiger partial charge >= 0.3 is 11.9 Å². The van der Waals surface area contributed by atoms with Crippen molar-refractivity contribution in [3.63, 3.8) is 0 Å². The van der Waals surface area contributed by atoms with Gasteiger partial charge in [-0.1, -0.05) is 102 Å². The van der Waals surface area contributed by atoms with Crippen LogP contribution in [0.5, 0.6) is 0 Å². The van der Waals surface area contributed by atoms with E-state index < -0.39 is 24.0 Å². The molecule has 0 fully saturated rings. The van der Waals surface area contributed by atoms with Crippen LogP contribution < -0.4 is 5.32 Å². The van der Waals surface area contributed by atoms with Crippen LogP contribution in [-0.2, 0) is 23.9 Å². The molecule has 36 heavy (non-hydrogen) atoms. The van der Waals surface area contributed by atoms with Crippen molar-refractivity contribution in [2.75, 3.05) is 20.3 Å². The lowest BCUT2D eigenvalue weighted by Gasteiger charge is -2.18. The number of amides is 1. The van der Waals surface area contributed by atoms with Crippen LogP contribution in [0.4, 0.5) is 0 Å². The number of methoxy groups -OCH3 is 1. The normalized spacial score (nSPS) is 12.6. The number of nitrogens with one attached hydrogen (secondary N) is 1. The summed E-state index contributed by atoms with van der Waals surface area (Å²) in [7, 11) is 1.46. The predicted octanol–water partition coefficient (Wildman–Crippen LogP) is 5.92. The van der Waals surface area contributed by atoms with Crippen LogP contribution in [0.2, 0.25) is 0 Å². The molecule has 2 atom stereocenters. The number of nitrogens with zero attached hydrogens (tertiary/aromatic N) is 1. The van der Waals surface area contributed by atoms with E-state index in [1.807, 2.05) is 0 Å². The first-order valence-corrected chi connectivity index (χ1v) is 13.9. The molecule has 0 radical (unpaired) electrons. The molecule has 0 aromatic heterocycles. The van der Waals surface area contributed by atoms with Crippen molar-refractivity contribution >= 4 is 17.8 Å². The third-order valence-electron chi connectivity index (χ3n) is 6.20. The molecule has 0 bridgehead atoms. The molecule has 9 heteroatoms. The van der Waals surface area contributed by atoms with Gasteiger partial charge in [-0.3, -0.25) is 14.4 Å². The molecule has 0 spiro atoms. The lowest BCUT2D eigenvalue weighted by Crippen LogP contribution is -2.41. The lowest BCUT2D eigenvalue weighted by atomic mass is 10.0. The van der Waals surface area contributed by atoms with Gasteiger partial charge in [0.1, 0.15) is 6.10 Å². The summed E-state index contributed by atoms with van der Waals surface area (Å²) in [6.45, 7) is 2.32. The van der Waals surface area contributed by atoms with Crippen LogP contribution in [0, 0.1) is 4.91 Å². The molecule has 0 aliphatic carbocycles. The van der Waals surface area contributed by atoms with Gasteiger partial charge in [0.25, 0.3) is 0 Å². The molecule has 210 valence electrons. The molecule has 0 aliphatic rings. The Balaban J connectivity index is 3.82. The molecule has 2 unspecified atom stereocenters. The van der Waals surface area contributed by atoms with Gasteiger partial charge in [0.05, 0.1) is 13.2 Å². The van der Waals surface area contributed by atoms with Gasteiger partial charge < -0.3 is 19.9 Å². The van der Waals surface area contributed by atoms with Gasteiger partial charge in [-0.25, -0.2) is 0 Å². The fraction of sp³-hybridized carbons (Fsp3) is 0.889. The third-order valence-corrected chi connectivity index (χ3v) is 6.20. The van der Waals surface area contributed by atoms with Gasteiger partial charge in [0, 0.05) is 20.0 Å². The minimum Gasteiger partial charge on any atom is -0.481 e. The number of carboxylic acid groups (broad SMARTS) is 1. The smallest absolute Gasteiger partial charge is 0.306 e. The van der Waals surface area contributed by atoms with Crippen LogP contribution in [0.25, 0.3) is 0 Å². The average molecular weight is 515 g/mol. The van der Waals surface area contributed by atoms with E-state index in [2.05, 4.69) is 17.4 Å². The average Bonchev–Trinajstić information content (AvgIpc) is 2.85. The summed E-state index contributed by atoms with van der Waals surface area (Å²) in [5.74, 6) is -2.15. The van der Waals surface area contributed by atoms with Crippen LogP contribution in [0.3, 0.4) is 0 Å². The van der Waals surface area contributed by atoms with Crippen LogP contribution in [-0.4, -0.2) is 55.4 Å². The van der Waals surface area contributed by atoms with E-state index >= 15 is 0 Å². The van der Waals surface area contributed by atoms with Gasteiger partial charge in [-0.05, 0) is 12.8 Å². The molecular formula is C27H50N2O7. The number of rotatable bonds is 26. The van der Waals surface area contributed by atoms with Crippen molar-refractivity contribution in [2.24, 2.45) is 5.18 Å². The number of nitroso groups, excluding NO2 is 1. The molecule has 9 nitrogen and oxygen atoms in total. The van der Waals surface area contributed by atoms with Gasteiger partial charge in [-0.2, -0.15) is 0 Å². The van der Waals surface area contributed by atoms with Crippen molar-refractivity contribution in [3.05, 3.63) is 4.91 Å². The van der Waals surface area contributed by atoms with Crippen LogP contribution >= 0.6 is 0 Å². The molecule has 1 amide bonds. The first kappa shape index (κ1) is 34.0. The topological polar surface area (TPSA) is 131 Å². The molecule has 0 saturated carbocycles. The highest BCUT2D eigenvalue weighted by molar-refractivity contribution is 5.82. The Hall–Kier alpha value is -2.03. The third kappa shape index (κ3) is 21.3. The number of aliphatic carboxylic acids is 1. The molecule has 0 aromatic rings. The van der Waals surface area contributed by atoms with Gasteiger partial charge in [-0.15, -0.1) is 4.91 Å². The molecule has 2 N–H and O–H groups in total. The summed E-state index contributed by atoms with van der Waals surface area (Å²) in [5, 5.41) is 13.9. The summed E-state index contributed by atoms with van der Waals surface area (Å²) in [5.41, 5.74) is 0. The molecule has 0 heterocycles. The molecule has 0 rings (SSSR count). The quantitative estimate of drug-likeness (QED) is 0.0831. The summed E-state index contributed by atoms with van der Waals surface area (Å²) in [6, 6.07) is -1.29. The van der Waals surface area contributed by atoms with Gasteiger partial charge in [0.15, 0.2) is 6.04 Å². The van der Waals surface area contributed by atoms with Gasteiger partial charge in [0.2, 0.25) is 5.91 Å². The van der Waals surface area contributed by atoms with E-state index in [1.165, 1.54) is 84.2 Å². The first-order chi connectivity index (χ1) is 17.4. The van der Waals surface area contributed by atoms with E-state index in [0.717, 1.165) is 19.3 Å². The van der Waals surface area contributed by atoms with Crippen LogP contribution in [0.1, 0.15) is 122 Å². The summed E-state index contributed by atoms with van der Waals surface area (Å²) in [4.78, 5) is 45.6. The van der Waals surface area contributed by atoms with Crippen molar-refractivity contribution in [2.45, 2.75) is 135 Å². The Bertz CT molecular complexity index is 586. The van der Waals surface area contributed by atoms with Crippen molar-refractivity contribution in [3.8, 4) is 0 Å². The summed E-state index contributed by atoms with van der Waals surface area (Å²) >= 11 is 0. The van der Waals surface area contributed by atoms with E-state index in [1.54, 1.807) is 0 Å². The maximum absolute atomic E-state index is 12.2. The summed E-state index contributed by atoms with van der Waals surface area (Å²) < 4.78 is 10.4. The maximum atomic E-state index is 12.2. The lowest BCUT2D eigenvalue weighted by molar-refractivity contribution is -0.152. The number of unbranched alkanes of at least 4 members (excludes halogenated alkanes) is 14. The van der Waals surface area contributed by atoms with Crippen molar-refractivity contribution in [1.82, 2.24) is 5.32 Å². The Morgan fingerprint density at radius 1 is 0.806 bits per heavy atom. The highest BCUT2D eigenvalue weighted by Gasteiger charge is 2.22. The Morgan fingerprint density at radius 2 is 1.31 bits per heavy atom. The highest BCUT2D eigenvalue weighted by atomic mass is 16.6. The van der Waals surface area contributed by atoms with Crippen molar-refractivity contribution in [1.29, 1.82) is 0 Å². The van der Waals surface area contributed by atoms with E-state index in [0.29, 0.717) is 6.42 Å². The zero-order chi connectivity index (χ0) is 26.9. The number of ether oxygens (including phenoxy) is 2. The van der Waals surface area contributed by atoms with E-state index in [-0.39, 0.29) is 32.0 Å². The molecule has 0 saturated heterocycles. The standard InChI is InChI=1S/C27H50N2O7/c1-3-4-5-6-7-8-9-10-11-12-13-14-15-16-17-18-26(32)36-23(22-35-2)21-28-27(33)24(29-34)19-20-25(30)31/h23-24H,3-22H2,1-2H3,(H,28,33)(H,30,31). The van der Waals surface area contributed by atoms with Crippen molar-refractivity contribution < 1.29 is 29.0 Å². The number of hydrogen-bond acceptors (Lipinski definition) is 7. The number of esters is 1. The number of carboxylic acids is 1. The number of carbonyl (C=O) groups excluding carboxylic acids is 2. The molecule has 0 aliphatic heterocycles. The monoisotopic (exact) mass is 514 g/mol. The Kier molecular flexibility index (Phi) is 23.3. The van der Waals surface area contributed by atoms with Crippen LogP contribution in [0.15, 0.2) is 5.18 Å². The zero-order valence-corrected chi connectivity index (χ0v) is 22.6. The number of hydrogen-bond donors (Lipinski definition) is 2. The molecular weight excluding hydrogens is 464 g/mol. The predicted molar refractivity (Wildman–Crippen MR) is 141 cm³/mol. The zero-order valence-electron chi connectivity index (χ0n) is 22.6.